The average molecular weight is 220 g/mol. The van der Waals surface area contributed by atoms with Gasteiger partial charge in [0.1, 0.15) is 0 Å². The molecule has 88 valence electrons. The third-order valence-corrected chi connectivity index (χ3v) is 3.05. The van der Waals surface area contributed by atoms with Crippen LogP contribution in [0.2, 0.25) is 0 Å². The molecule has 3 N–H and O–H groups in total. The summed E-state index contributed by atoms with van der Waals surface area (Å²) < 4.78 is 0. The number of rotatable bonds is 5. The Kier molecular flexibility index (Phi) is 3.80. The van der Waals surface area contributed by atoms with Gasteiger partial charge in [-0.1, -0.05) is 25.1 Å². The van der Waals surface area contributed by atoms with Crippen molar-refractivity contribution in [1.82, 2.24) is 5.32 Å². The van der Waals surface area contributed by atoms with E-state index >= 15 is 0 Å². The normalized spacial score (nSPS) is 15.6. The van der Waals surface area contributed by atoms with Crippen LogP contribution in [0.4, 0.5) is 5.69 Å². The molecule has 0 saturated carbocycles. The number of hydrogen-bond acceptors (Lipinski definition) is 3. The number of anilines is 1. The summed E-state index contributed by atoms with van der Waals surface area (Å²) in [7, 11) is 0. The van der Waals surface area contributed by atoms with E-state index in [1.807, 2.05) is 6.92 Å². The number of benzene rings is 1. The second-order valence-electron chi connectivity index (χ2n) is 4.55. The highest BCUT2D eigenvalue weighted by Crippen LogP contribution is 2.26. The summed E-state index contributed by atoms with van der Waals surface area (Å²) in [6.07, 6.45) is 1.14. The number of hydrogen-bond donors (Lipinski definition) is 3. The van der Waals surface area contributed by atoms with Crippen molar-refractivity contribution in [3.05, 3.63) is 29.3 Å². The van der Waals surface area contributed by atoms with E-state index in [1.165, 1.54) is 16.8 Å². The lowest BCUT2D eigenvalue weighted by molar-refractivity contribution is 0.233. The Hall–Kier alpha value is -1.06. The van der Waals surface area contributed by atoms with Crippen LogP contribution in [0.1, 0.15) is 18.1 Å². The van der Waals surface area contributed by atoms with Gasteiger partial charge < -0.3 is 15.7 Å². The van der Waals surface area contributed by atoms with E-state index in [9.17, 15) is 0 Å². The minimum atomic E-state index is 0.248. The molecule has 0 bridgehead atoms. The molecule has 16 heavy (non-hydrogen) atoms. The highest BCUT2D eigenvalue weighted by molar-refractivity contribution is 5.61. The lowest BCUT2D eigenvalue weighted by atomic mass is 10.1. The van der Waals surface area contributed by atoms with Gasteiger partial charge in [-0.15, -0.1) is 0 Å². The van der Waals surface area contributed by atoms with Gasteiger partial charge in [0.2, 0.25) is 0 Å². The van der Waals surface area contributed by atoms with Crippen LogP contribution in [0.5, 0.6) is 0 Å². The van der Waals surface area contributed by atoms with E-state index < -0.39 is 0 Å². The number of fused-ring (bicyclic) bond motifs is 1. The van der Waals surface area contributed by atoms with Crippen molar-refractivity contribution in [2.75, 3.05) is 25.0 Å². The van der Waals surface area contributed by atoms with E-state index in [1.54, 1.807) is 0 Å². The van der Waals surface area contributed by atoms with Gasteiger partial charge in [0.05, 0.1) is 0 Å². The molecule has 0 amide bonds. The maximum absolute atomic E-state index is 8.93. The van der Waals surface area contributed by atoms with E-state index in [2.05, 4.69) is 28.8 Å². The Morgan fingerprint density at radius 3 is 3.19 bits per heavy atom. The molecular weight excluding hydrogens is 200 g/mol. The molecular formula is C13H20N2O. The fraction of sp³-hybridized carbons (Fsp3) is 0.538. The first-order valence-electron chi connectivity index (χ1n) is 5.97. The van der Waals surface area contributed by atoms with Gasteiger partial charge in [0.15, 0.2) is 0 Å². The highest BCUT2D eigenvalue weighted by Gasteiger charge is 2.13. The molecule has 1 aliphatic heterocycles. The minimum Gasteiger partial charge on any atom is -0.396 e. The molecule has 0 spiro atoms. The molecule has 0 fully saturated rings. The second kappa shape index (κ2) is 5.32. The zero-order chi connectivity index (χ0) is 11.4. The first kappa shape index (κ1) is 11.4. The topological polar surface area (TPSA) is 44.3 Å². The molecule has 0 aliphatic carbocycles. The molecule has 1 heterocycles. The predicted octanol–water partition coefficient (Wildman–Crippen LogP) is 1.37. The molecule has 1 aromatic carbocycles. The molecule has 3 heteroatoms. The van der Waals surface area contributed by atoms with Crippen molar-refractivity contribution in [3.8, 4) is 0 Å². The third-order valence-electron chi connectivity index (χ3n) is 3.05. The Bertz CT molecular complexity index is 352. The first-order chi connectivity index (χ1) is 7.81. The Morgan fingerprint density at radius 2 is 2.38 bits per heavy atom. The molecule has 1 unspecified atom stereocenters. The van der Waals surface area contributed by atoms with E-state index in [0.717, 1.165) is 26.1 Å². The van der Waals surface area contributed by atoms with Crippen LogP contribution in [0, 0.1) is 5.92 Å². The molecule has 0 saturated heterocycles. The molecule has 1 aromatic rings. The monoisotopic (exact) mass is 220 g/mol. The van der Waals surface area contributed by atoms with Gasteiger partial charge in [-0.25, -0.2) is 0 Å². The standard InChI is InChI=1S/C13H20N2O/c1-10(9-16)7-14-8-12-4-2-3-11-5-6-15-13(11)12/h2-4,10,14-16H,5-9H2,1H3. The number of aliphatic hydroxyl groups excluding tert-OH is 1. The largest absolute Gasteiger partial charge is 0.396 e. The highest BCUT2D eigenvalue weighted by atomic mass is 16.3. The van der Waals surface area contributed by atoms with Gasteiger partial charge >= 0.3 is 0 Å². The predicted molar refractivity (Wildman–Crippen MR) is 66.6 cm³/mol. The van der Waals surface area contributed by atoms with Crippen LogP contribution < -0.4 is 10.6 Å². The van der Waals surface area contributed by atoms with Gasteiger partial charge in [-0.3, -0.25) is 0 Å². The quantitative estimate of drug-likeness (QED) is 0.702. The molecule has 1 atom stereocenters. The molecule has 2 rings (SSSR count). The van der Waals surface area contributed by atoms with E-state index in [-0.39, 0.29) is 6.61 Å². The van der Waals surface area contributed by atoms with Crippen molar-refractivity contribution in [1.29, 1.82) is 0 Å². The summed E-state index contributed by atoms with van der Waals surface area (Å²) in [5.41, 5.74) is 4.07. The van der Waals surface area contributed by atoms with Gasteiger partial charge in [-0.05, 0) is 23.5 Å². The summed E-state index contributed by atoms with van der Waals surface area (Å²) in [4.78, 5) is 0. The van der Waals surface area contributed by atoms with Crippen LogP contribution in [0.25, 0.3) is 0 Å². The fourth-order valence-electron chi connectivity index (χ4n) is 2.08. The van der Waals surface area contributed by atoms with Crippen molar-refractivity contribution >= 4 is 5.69 Å². The zero-order valence-corrected chi connectivity index (χ0v) is 9.79. The van der Waals surface area contributed by atoms with Crippen molar-refractivity contribution in [2.24, 2.45) is 5.92 Å². The average Bonchev–Trinajstić information content (AvgIpc) is 2.77. The second-order valence-corrected chi connectivity index (χ2v) is 4.55. The summed E-state index contributed by atoms with van der Waals surface area (Å²) in [6.45, 7) is 5.08. The van der Waals surface area contributed by atoms with Gasteiger partial charge in [0.25, 0.3) is 0 Å². The Morgan fingerprint density at radius 1 is 1.50 bits per heavy atom. The van der Waals surface area contributed by atoms with Crippen LogP contribution in [0.15, 0.2) is 18.2 Å². The van der Waals surface area contributed by atoms with Gasteiger partial charge in [-0.2, -0.15) is 0 Å². The van der Waals surface area contributed by atoms with Gasteiger partial charge in [0, 0.05) is 31.9 Å². The Labute approximate surface area is 96.9 Å². The first-order valence-corrected chi connectivity index (χ1v) is 5.97. The lowest BCUT2D eigenvalue weighted by Crippen LogP contribution is -2.23. The fourth-order valence-corrected chi connectivity index (χ4v) is 2.08. The van der Waals surface area contributed by atoms with Crippen LogP contribution in [-0.4, -0.2) is 24.8 Å². The zero-order valence-electron chi connectivity index (χ0n) is 9.79. The van der Waals surface area contributed by atoms with Crippen molar-refractivity contribution in [3.63, 3.8) is 0 Å². The Balaban J connectivity index is 1.92. The maximum atomic E-state index is 8.93. The molecule has 3 nitrogen and oxygen atoms in total. The van der Waals surface area contributed by atoms with Crippen LogP contribution in [-0.2, 0) is 13.0 Å². The van der Waals surface area contributed by atoms with Crippen molar-refractivity contribution in [2.45, 2.75) is 19.9 Å². The van der Waals surface area contributed by atoms with Crippen LogP contribution in [0.3, 0.4) is 0 Å². The SMILES string of the molecule is CC(CO)CNCc1cccc2c1NCC2. The van der Waals surface area contributed by atoms with Crippen molar-refractivity contribution < 1.29 is 5.11 Å². The summed E-state index contributed by atoms with van der Waals surface area (Å²) in [5.74, 6) is 0.324. The lowest BCUT2D eigenvalue weighted by Gasteiger charge is -2.12. The molecule has 0 aromatic heterocycles. The minimum absolute atomic E-state index is 0.248. The molecule has 1 aliphatic rings. The number of aliphatic hydroxyl groups is 1. The number of nitrogens with one attached hydrogen (secondary N) is 2. The summed E-state index contributed by atoms with van der Waals surface area (Å²) >= 11 is 0. The van der Waals surface area contributed by atoms with Crippen LogP contribution >= 0.6 is 0 Å². The smallest absolute Gasteiger partial charge is 0.0468 e. The third kappa shape index (κ3) is 2.54. The summed E-state index contributed by atoms with van der Waals surface area (Å²) in [6, 6.07) is 6.47. The van der Waals surface area contributed by atoms with E-state index in [4.69, 9.17) is 5.11 Å². The summed E-state index contributed by atoms with van der Waals surface area (Å²) in [5, 5.41) is 15.7. The molecule has 0 radical (unpaired) electrons. The number of para-hydroxylation sites is 1. The van der Waals surface area contributed by atoms with E-state index in [0.29, 0.717) is 5.92 Å². The maximum Gasteiger partial charge on any atom is 0.0468 e.